The summed E-state index contributed by atoms with van der Waals surface area (Å²) < 4.78 is 0. The van der Waals surface area contributed by atoms with Crippen LogP contribution in [0.4, 0.5) is 0 Å². The van der Waals surface area contributed by atoms with Gasteiger partial charge < -0.3 is 5.32 Å². The average Bonchev–Trinajstić information content (AvgIpc) is 2.61. The summed E-state index contributed by atoms with van der Waals surface area (Å²) in [7, 11) is 0. The Labute approximate surface area is 104 Å². The minimum Gasteiger partial charge on any atom is -0.368 e. The van der Waals surface area contributed by atoms with Gasteiger partial charge in [0, 0.05) is 12.2 Å². The number of hydrogen-bond donors (Lipinski definition) is 2. The molecule has 0 aliphatic carbocycles. The summed E-state index contributed by atoms with van der Waals surface area (Å²) in [6.45, 7) is 5.82. The molecule has 0 atom stereocenters. The van der Waals surface area contributed by atoms with Gasteiger partial charge in [0.25, 0.3) is 0 Å². The molecule has 0 aromatic carbocycles. The van der Waals surface area contributed by atoms with E-state index in [1.165, 1.54) is 0 Å². The van der Waals surface area contributed by atoms with Gasteiger partial charge in [0.2, 0.25) is 0 Å². The second-order valence-corrected chi connectivity index (χ2v) is 2.97. The lowest BCUT2D eigenvalue weighted by Gasteiger charge is -2.00. The first kappa shape index (κ1) is 13.6. The molecule has 0 bridgehead atoms. The van der Waals surface area contributed by atoms with Crippen molar-refractivity contribution in [2.45, 2.75) is 13.8 Å². The van der Waals surface area contributed by atoms with Gasteiger partial charge in [-0.3, -0.25) is 10.1 Å². The third-order valence-electron chi connectivity index (χ3n) is 2.04. The molecule has 14 heavy (non-hydrogen) atoms. The van der Waals surface area contributed by atoms with Gasteiger partial charge in [0.15, 0.2) is 0 Å². The van der Waals surface area contributed by atoms with Crippen LogP contribution in [0.15, 0.2) is 4.99 Å². The van der Waals surface area contributed by atoms with E-state index >= 15 is 0 Å². The number of halogens is 2. The van der Waals surface area contributed by atoms with E-state index in [-0.39, 0.29) is 34.0 Å². The second-order valence-electron chi connectivity index (χ2n) is 2.97. The van der Waals surface area contributed by atoms with Crippen molar-refractivity contribution >= 4 is 39.8 Å². The Bertz CT molecular complexity index is 313. The molecule has 2 N–H and O–H groups in total. The normalized spacial score (nSPS) is 13.7. The highest BCUT2D eigenvalue weighted by atomic mass is 79.9. The Morgan fingerprint density at radius 2 is 1.93 bits per heavy atom. The molecule has 6 heteroatoms. The van der Waals surface area contributed by atoms with Crippen LogP contribution >= 0.6 is 34.0 Å². The number of amidine groups is 1. The number of nitrogens with one attached hydrogen (secondary N) is 2. The Balaban J connectivity index is 0.000000845. The fourth-order valence-electron chi connectivity index (χ4n) is 1.47. The minimum atomic E-state index is 0. The van der Waals surface area contributed by atoms with E-state index < -0.39 is 0 Å². The zero-order valence-corrected chi connectivity index (χ0v) is 11.6. The van der Waals surface area contributed by atoms with Crippen molar-refractivity contribution in [3.63, 3.8) is 0 Å². The van der Waals surface area contributed by atoms with Crippen LogP contribution in [0.2, 0.25) is 0 Å². The standard InChI is InChI=1S/C8H12N4.2BrH/c1-5-7(6(2)12-11-5)8-9-3-4-10-8;;/h3-4H2,1-2H3,(H,9,10)(H,11,12);2*1H. The predicted molar refractivity (Wildman–Crippen MR) is 68.1 cm³/mol. The molecule has 2 heterocycles. The van der Waals surface area contributed by atoms with Crippen LogP contribution in [0.1, 0.15) is 17.0 Å². The number of nitrogens with zero attached hydrogens (tertiary/aromatic N) is 2. The molecule has 0 saturated carbocycles. The van der Waals surface area contributed by atoms with Crippen molar-refractivity contribution in [1.82, 2.24) is 15.5 Å². The van der Waals surface area contributed by atoms with E-state index in [0.717, 1.165) is 35.9 Å². The molecular formula is C8H14Br2N4. The molecule has 2 rings (SSSR count). The van der Waals surface area contributed by atoms with Gasteiger partial charge in [-0.1, -0.05) is 0 Å². The summed E-state index contributed by atoms with van der Waals surface area (Å²) >= 11 is 0. The van der Waals surface area contributed by atoms with Crippen LogP contribution in [0.25, 0.3) is 0 Å². The molecule has 0 amide bonds. The Morgan fingerprint density at radius 3 is 2.36 bits per heavy atom. The largest absolute Gasteiger partial charge is 0.368 e. The van der Waals surface area contributed by atoms with E-state index in [4.69, 9.17) is 0 Å². The molecule has 0 saturated heterocycles. The fourth-order valence-corrected chi connectivity index (χ4v) is 1.47. The second kappa shape index (κ2) is 5.50. The van der Waals surface area contributed by atoms with Crippen LogP contribution < -0.4 is 5.32 Å². The maximum Gasteiger partial charge on any atom is 0.132 e. The molecule has 80 valence electrons. The summed E-state index contributed by atoms with van der Waals surface area (Å²) in [6, 6.07) is 0. The SMILES string of the molecule is Br.Br.Cc1n[nH]c(C)c1C1=NCCN1. The highest BCUT2D eigenvalue weighted by Crippen LogP contribution is 2.10. The quantitative estimate of drug-likeness (QED) is 0.822. The van der Waals surface area contributed by atoms with Crippen LogP contribution in [0, 0.1) is 13.8 Å². The molecular weight excluding hydrogens is 312 g/mol. The zero-order valence-electron chi connectivity index (χ0n) is 8.13. The molecule has 0 fully saturated rings. The highest BCUT2D eigenvalue weighted by Gasteiger charge is 2.15. The number of aryl methyl sites for hydroxylation is 2. The van der Waals surface area contributed by atoms with Gasteiger partial charge in [0.05, 0.1) is 17.8 Å². The third kappa shape index (κ3) is 2.36. The van der Waals surface area contributed by atoms with Crippen molar-refractivity contribution in [3.8, 4) is 0 Å². The monoisotopic (exact) mass is 324 g/mol. The number of H-pyrrole nitrogens is 1. The minimum absolute atomic E-state index is 0. The van der Waals surface area contributed by atoms with Crippen LogP contribution in [-0.2, 0) is 0 Å². The Morgan fingerprint density at radius 1 is 1.21 bits per heavy atom. The summed E-state index contributed by atoms with van der Waals surface area (Å²) in [5.41, 5.74) is 3.23. The number of hydrogen-bond acceptors (Lipinski definition) is 3. The topological polar surface area (TPSA) is 53.1 Å². The van der Waals surface area contributed by atoms with Gasteiger partial charge in [-0.25, -0.2) is 0 Å². The zero-order chi connectivity index (χ0) is 8.55. The predicted octanol–water partition coefficient (Wildman–Crippen LogP) is 1.53. The molecule has 0 unspecified atom stereocenters. The summed E-state index contributed by atoms with van der Waals surface area (Å²) in [5.74, 6) is 0.985. The van der Waals surface area contributed by atoms with E-state index in [2.05, 4.69) is 20.5 Å². The summed E-state index contributed by atoms with van der Waals surface area (Å²) in [4.78, 5) is 4.35. The average molecular weight is 326 g/mol. The van der Waals surface area contributed by atoms with Crippen LogP contribution in [0.5, 0.6) is 0 Å². The highest BCUT2D eigenvalue weighted by molar-refractivity contribution is 8.93. The van der Waals surface area contributed by atoms with E-state index in [1.54, 1.807) is 0 Å². The van der Waals surface area contributed by atoms with Crippen LogP contribution in [0.3, 0.4) is 0 Å². The molecule has 0 spiro atoms. The molecule has 4 nitrogen and oxygen atoms in total. The molecule has 1 aromatic heterocycles. The summed E-state index contributed by atoms with van der Waals surface area (Å²) in [6.07, 6.45) is 0. The lowest BCUT2D eigenvalue weighted by Crippen LogP contribution is -2.20. The number of aromatic nitrogens is 2. The maximum absolute atomic E-state index is 4.35. The van der Waals surface area contributed by atoms with Gasteiger partial charge in [-0.05, 0) is 13.8 Å². The third-order valence-corrected chi connectivity index (χ3v) is 2.04. The van der Waals surface area contributed by atoms with E-state index in [9.17, 15) is 0 Å². The molecule has 1 aliphatic rings. The van der Waals surface area contributed by atoms with Crippen molar-refractivity contribution in [1.29, 1.82) is 0 Å². The van der Waals surface area contributed by atoms with Crippen molar-refractivity contribution in [2.75, 3.05) is 13.1 Å². The van der Waals surface area contributed by atoms with Crippen molar-refractivity contribution < 1.29 is 0 Å². The van der Waals surface area contributed by atoms with Gasteiger partial charge in [-0.2, -0.15) is 5.10 Å². The van der Waals surface area contributed by atoms with Crippen LogP contribution in [-0.4, -0.2) is 29.1 Å². The molecule has 1 aliphatic heterocycles. The van der Waals surface area contributed by atoms with E-state index in [1.807, 2.05) is 13.8 Å². The Kier molecular flexibility index (Phi) is 5.36. The fraction of sp³-hybridized carbons (Fsp3) is 0.500. The van der Waals surface area contributed by atoms with Gasteiger partial charge >= 0.3 is 0 Å². The van der Waals surface area contributed by atoms with Crippen molar-refractivity contribution in [2.24, 2.45) is 4.99 Å². The molecule has 1 aromatic rings. The number of aliphatic imine (C=N–C) groups is 1. The van der Waals surface area contributed by atoms with E-state index in [0.29, 0.717) is 0 Å². The van der Waals surface area contributed by atoms with Crippen molar-refractivity contribution in [3.05, 3.63) is 17.0 Å². The van der Waals surface area contributed by atoms with Gasteiger partial charge in [-0.15, -0.1) is 34.0 Å². The Hall–Kier alpha value is -0.360. The number of rotatable bonds is 1. The van der Waals surface area contributed by atoms with Gasteiger partial charge in [0.1, 0.15) is 5.84 Å². The first-order chi connectivity index (χ1) is 5.79. The number of aromatic amines is 1. The molecule has 0 radical (unpaired) electrons. The first-order valence-electron chi connectivity index (χ1n) is 4.09. The lowest BCUT2D eigenvalue weighted by molar-refractivity contribution is 0.959. The maximum atomic E-state index is 4.35. The first-order valence-corrected chi connectivity index (χ1v) is 4.09. The lowest BCUT2D eigenvalue weighted by atomic mass is 10.2. The summed E-state index contributed by atoms with van der Waals surface area (Å²) in [5, 5.41) is 10.3. The smallest absolute Gasteiger partial charge is 0.132 e.